The van der Waals surface area contributed by atoms with Crippen LogP contribution in [0.15, 0.2) is 28.8 Å². The lowest BCUT2D eigenvalue weighted by atomic mass is 10.1. The highest BCUT2D eigenvalue weighted by molar-refractivity contribution is 5.75. The van der Waals surface area contributed by atoms with Crippen molar-refractivity contribution in [2.75, 3.05) is 0 Å². The molecule has 2 aromatic rings. The number of nitrogens with one attached hydrogen (secondary N) is 1. The third-order valence-corrected chi connectivity index (χ3v) is 2.58. The molecule has 1 heterocycles. The topological polar surface area (TPSA) is 94.0 Å². The van der Waals surface area contributed by atoms with Crippen molar-refractivity contribution in [1.29, 1.82) is 0 Å². The number of hydrogen-bond acceptors (Lipinski definition) is 5. The molecular formula is C12H14N4O2. The van der Waals surface area contributed by atoms with Crippen LogP contribution in [0.4, 0.5) is 0 Å². The molecular weight excluding hydrogens is 232 g/mol. The van der Waals surface area contributed by atoms with E-state index in [0.29, 0.717) is 18.1 Å². The number of nitrogens with two attached hydrogens (primary N) is 1. The van der Waals surface area contributed by atoms with Crippen molar-refractivity contribution in [3.05, 3.63) is 35.7 Å². The van der Waals surface area contributed by atoms with Gasteiger partial charge in [0, 0.05) is 18.4 Å². The van der Waals surface area contributed by atoms with Crippen LogP contribution in [0.2, 0.25) is 0 Å². The van der Waals surface area contributed by atoms with Crippen molar-refractivity contribution in [2.45, 2.75) is 19.8 Å². The van der Waals surface area contributed by atoms with E-state index in [0.717, 1.165) is 11.1 Å². The molecule has 0 bridgehead atoms. The molecule has 0 aliphatic heterocycles. The van der Waals surface area contributed by atoms with Gasteiger partial charge in [-0.3, -0.25) is 10.2 Å². The highest BCUT2D eigenvalue weighted by atomic mass is 16.5. The van der Waals surface area contributed by atoms with Crippen molar-refractivity contribution >= 4 is 5.91 Å². The van der Waals surface area contributed by atoms with Crippen LogP contribution < -0.4 is 11.3 Å². The molecule has 6 heteroatoms. The summed E-state index contributed by atoms with van der Waals surface area (Å²) in [6.07, 6.45) is 0.605. The number of rotatable bonds is 4. The Hall–Kier alpha value is -2.21. The summed E-state index contributed by atoms with van der Waals surface area (Å²) in [6, 6.07) is 7.77. The van der Waals surface area contributed by atoms with Gasteiger partial charge in [-0.1, -0.05) is 29.4 Å². The molecule has 0 atom stereocenters. The lowest BCUT2D eigenvalue weighted by Gasteiger charge is -1.98. The molecule has 0 unspecified atom stereocenters. The molecule has 0 spiro atoms. The van der Waals surface area contributed by atoms with Crippen LogP contribution >= 0.6 is 0 Å². The number of aromatic nitrogens is 2. The van der Waals surface area contributed by atoms with Crippen molar-refractivity contribution < 1.29 is 9.32 Å². The van der Waals surface area contributed by atoms with Crippen LogP contribution in [0, 0.1) is 6.92 Å². The SMILES string of the molecule is Cc1ccccc1-c1noc(CCC(=O)NN)n1. The fourth-order valence-corrected chi connectivity index (χ4v) is 1.58. The van der Waals surface area contributed by atoms with Gasteiger partial charge in [-0.25, -0.2) is 5.84 Å². The first-order valence-electron chi connectivity index (χ1n) is 5.58. The van der Waals surface area contributed by atoms with Gasteiger partial charge in [0.05, 0.1) is 0 Å². The van der Waals surface area contributed by atoms with Gasteiger partial charge in [0.2, 0.25) is 17.6 Å². The van der Waals surface area contributed by atoms with Crippen LogP contribution in [0.1, 0.15) is 17.9 Å². The number of aryl methyl sites for hydroxylation is 2. The number of carbonyl (C=O) groups is 1. The second-order valence-electron chi connectivity index (χ2n) is 3.89. The largest absolute Gasteiger partial charge is 0.339 e. The quantitative estimate of drug-likeness (QED) is 0.476. The molecule has 0 radical (unpaired) electrons. The maximum absolute atomic E-state index is 11.0. The Balaban J connectivity index is 2.11. The first-order valence-corrected chi connectivity index (χ1v) is 5.58. The summed E-state index contributed by atoms with van der Waals surface area (Å²) in [5, 5.41) is 3.90. The predicted molar refractivity (Wildman–Crippen MR) is 65.1 cm³/mol. The molecule has 18 heavy (non-hydrogen) atoms. The second kappa shape index (κ2) is 5.42. The molecule has 1 aromatic carbocycles. The Morgan fingerprint density at radius 3 is 2.94 bits per heavy atom. The van der Waals surface area contributed by atoms with Crippen molar-refractivity contribution in [2.24, 2.45) is 5.84 Å². The average molecular weight is 246 g/mol. The molecule has 94 valence electrons. The van der Waals surface area contributed by atoms with Gasteiger partial charge < -0.3 is 4.52 Å². The van der Waals surface area contributed by atoms with Gasteiger partial charge in [0.25, 0.3) is 0 Å². The summed E-state index contributed by atoms with van der Waals surface area (Å²) < 4.78 is 5.09. The fraction of sp³-hybridized carbons (Fsp3) is 0.250. The van der Waals surface area contributed by atoms with Gasteiger partial charge in [-0.2, -0.15) is 4.98 Å². The van der Waals surface area contributed by atoms with Gasteiger partial charge in [0.15, 0.2) is 0 Å². The van der Waals surface area contributed by atoms with Crippen molar-refractivity contribution in [3.63, 3.8) is 0 Å². The molecule has 0 fully saturated rings. The number of hydrogen-bond donors (Lipinski definition) is 2. The highest BCUT2D eigenvalue weighted by Crippen LogP contribution is 2.19. The van der Waals surface area contributed by atoms with Crippen molar-refractivity contribution in [1.82, 2.24) is 15.6 Å². The standard InChI is InChI=1S/C12H14N4O2/c1-8-4-2-3-5-9(8)12-14-11(18-16-12)7-6-10(17)15-13/h2-5H,6-7,13H2,1H3,(H,15,17). The van der Waals surface area contributed by atoms with E-state index in [4.69, 9.17) is 10.4 Å². The maximum Gasteiger partial charge on any atom is 0.234 e. The Bertz CT molecular complexity index is 551. The summed E-state index contributed by atoms with van der Waals surface area (Å²) in [6.45, 7) is 1.98. The minimum atomic E-state index is -0.259. The molecule has 1 aromatic heterocycles. The minimum Gasteiger partial charge on any atom is -0.339 e. The van der Waals surface area contributed by atoms with Gasteiger partial charge >= 0.3 is 0 Å². The number of amides is 1. The molecule has 0 saturated carbocycles. The smallest absolute Gasteiger partial charge is 0.234 e. The minimum absolute atomic E-state index is 0.228. The van der Waals surface area contributed by atoms with Crippen LogP contribution in [0.3, 0.4) is 0 Å². The van der Waals surface area contributed by atoms with Crippen LogP contribution in [0.5, 0.6) is 0 Å². The number of benzene rings is 1. The third kappa shape index (κ3) is 2.72. The Morgan fingerprint density at radius 1 is 1.44 bits per heavy atom. The van der Waals surface area contributed by atoms with E-state index in [9.17, 15) is 4.79 Å². The van der Waals surface area contributed by atoms with Crippen LogP contribution in [0.25, 0.3) is 11.4 Å². The molecule has 2 rings (SSSR count). The fourth-order valence-electron chi connectivity index (χ4n) is 1.58. The molecule has 0 aliphatic carbocycles. The summed E-state index contributed by atoms with van der Waals surface area (Å²) >= 11 is 0. The molecule has 0 saturated heterocycles. The highest BCUT2D eigenvalue weighted by Gasteiger charge is 2.11. The molecule has 1 amide bonds. The first-order chi connectivity index (χ1) is 8.70. The second-order valence-corrected chi connectivity index (χ2v) is 3.89. The Kier molecular flexibility index (Phi) is 3.69. The van der Waals surface area contributed by atoms with Gasteiger partial charge in [-0.05, 0) is 12.5 Å². The average Bonchev–Trinajstić information content (AvgIpc) is 2.85. The zero-order chi connectivity index (χ0) is 13.0. The van der Waals surface area contributed by atoms with E-state index < -0.39 is 0 Å². The summed E-state index contributed by atoms with van der Waals surface area (Å²) in [4.78, 5) is 15.2. The molecule has 6 nitrogen and oxygen atoms in total. The Labute approximate surface area is 104 Å². The lowest BCUT2D eigenvalue weighted by molar-refractivity contribution is -0.121. The summed E-state index contributed by atoms with van der Waals surface area (Å²) in [7, 11) is 0. The third-order valence-electron chi connectivity index (χ3n) is 2.58. The van der Waals surface area contributed by atoms with E-state index in [2.05, 4.69) is 15.6 Å². The van der Waals surface area contributed by atoms with Crippen LogP contribution in [-0.2, 0) is 11.2 Å². The van der Waals surface area contributed by atoms with E-state index >= 15 is 0 Å². The lowest BCUT2D eigenvalue weighted by Crippen LogP contribution is -2.30. The normalized spacial score (nSPS) is 10.3. The Morgan fingerprint density at radius 2 is 2.22 bits per heavy atom. The number of nitrogens with zero attached hydrogens (tertiary/aromatic N) is 2. The van der Waals surface area contributed by atoms with Gasteiger partial charge in [-0.15, -0.1) is 0 Å². The van der Waals surface area contributed by atoms with Crippen molar-refractivity contribution in [3.8, 4) is 11.4 Å². The molecule has 0 aliphatic rings. The number of hydrazine groups is 1. The van der Waals surface area contributed by atoms with Crippen LogP contribution in [-0.4, -0.2) is 16.0 Å². The monoisotopic (exact) mass is 246 g/mol. The zero-order valence-corrected chi connectivity index (χ0v) is 10.0. The predicted octanol–water partition coefficient (Wildman–Crippen LogP) is 0.968. The summed E-state index contributed by atoms with van der Waals surface area (Å²) in [5.74, 6) is 5.69. The van der Waals surface area contributed by atoms with E-state index in [1.54, 1.807) is 0 Å². The zero-order valence-electron chi connectivity index (χ0n) is 10.0. The van der Waals surface area contributed by atoms with E-state index in [-0.39, 0.29) is 12.3 Å². The molecule has 3 N–H and O–H groups in total. The first kappa shape index (κ1) is 12.3. The number of carbonyl (C=O) groups excluding carboxylic acids is 1. The maximum atomic E-state index is 11.0. The van der Waals surface area contributed by atoms with E-state index in [1.165, 1.54) is 0 Å². The summed E-state index contributed by atoms with van der Waals surface area (Å²) in [5.41, 5.74) is 4.05. The van der Waals surface area contributed by atoms with E-state index in [1.807, 2.05) is 31.2 Å². The van der Waals surface area contributed by atoms with Gasteiger partial charge in [0.1, 0.15) is 0 Å².